The number of aliphatic hydroxyl groups excluding tert-OH is 1. The van der Waals surface area contributed by atoms with Gasteiger partial charge in [0, 0.05) is 11.2 Å². The standard InChI is InChI=1S/C27H31NO4S/c29-18-24(30)26-15-22-13-12-20(14-25(22)33-26)5-3-4-19-8-10-21(11-9-19)16-28-17-27(31)32-23-6-1-2-7-23/h8-15,23,28-29H,1-7,16-18H2. The molecule has 4 rings (SSSR count). The minimum absolute atomic E-state index is 0.124. The second-order valence-corrected chi connectivity index (χ2v) is 9.82. The van der Waals surface area contributed by atoms with E-state index in [1.54, 1.807) is 0 Å². The Morgan fingerprint density at radius 1 is 0.970 bits per heavy atom. The number of esters is 1. The fourth-order valence-electron chi connectivity index (χ4n) is 4.31. The molecule has 0 amide bonds. The Labute approximate surface area is 198 Å². The van der Waals surface area contributed by atoms with Crippen LogP contribution < -0.4 is 5.32 Å². The second kappa shape index (κ2) is 11.5. The molecular formula is C27H31NO4S. The molecule has 2 N–H and O–H groups in total. The number of hydrogen-bond acceptors (Lipinski definition) is 6. The molecule has 3 aromatic rings. The molecule has 0 spiro atoms. The summed E-state index contributed by atoms with van der Waals surface area (Å²) in [6.07, 6.45) is 7.47. The van der Waals surface area contributed by atoms with Gasteiger partial charge in [0.25, 0.3) is 0 Å². The Kier molecular flexibility index (Phi) is 8.26. The van der Waals surface area contributed by atoms with Crippen molar-refractivity contribution < 1.29 is 19.4 Å². The van der Waals surface area contributed by atoms with Crippen LogP contribution in [0.2, 0.25) is 0 Å². The van der Waals surface area contributed by atoms with E-state index in [1.807, 2.05) is 6.07 Å². The summed E-state index contributed by atoms with van der Waals surface area (Å²) in [6.45, 7) is 0.464. The summed E-state index contributed by atoms with van der Waals surface area (Å²) in [4.78, 5) is 24.2. The van der Waals surface area contributed by atoms with Crippen molar-refractivity contribution >= 4 is 33.2 Å². The van der Waals surface area contributed by atoms with Crippen LogP contribution in [0.5, 0.6) is 0 Å². The topological polar surface area (TPSA) is 75.6 Å². The minimum atomic E-state index is -0.443. The first-order chi connectivity index (χ1) is 16.1. The number of Topliss-reactive ketones (excluding diaryl/α,β-unsaturated/α-hetero) is 1. The van der Waals surface area contributed by atoms with Crippen molar-refractivity contribution in [2.75, 3.05) is 13.2 Å². The van der Waals surface area contributed by atoms with Crippen molar-refractivity contribution in [2.24, 2.45) is 0 Å². The van der Waals surface area contributed by atoms with E-state index in [0.717, 1.165) is 60.6 Å². The van der Waals surface area contributed by atoms with Gasteiger partial charge in [0.1, 0.15) is 12.7 Å². The molecule has 5 nitrogen and oxygen atoms in total. The highest BCUT2D eigenvalue weighted by Gasteiger charge is 2.18. The lowest BCUT2D eigenvalue weighted by Gasteiger charge is -2.12. The Morgan fingerprint density at radius 2 is 1.67 bits per heavy atom. The Bertz CT molecular complexity index is 1080. The Hall–Kier alpha value is -2.54. The summed E-state index contributed by atoms with van der Waals surface area (Å²) in [5, 5.41) is 13.3. The van der Waals surface area contributed by atoms with Gasteiger partial charge in [0.2, 0.25) is 0 Å². The SMILES string of the molecule is O=C(CNCc1ccc(CCCc2ccc3cc(C(=O)CO)sc3c2)cc1)OC1CCCC1. The average Bonchev–Trinajstić information content (AvgIpc) is 3.49. The summed E-state index contributed by atoms with van der Waals surface area (Å²) in [6, 6.07) is 16.7. The number of aliphatic hydroxyl groups is 1. The molecule has 0 aliphatic heterocycles. The van der Waals surface area contributed by atoms with Gasteiger partial charge in [-0.1, -0.05) is 36.4 Å². The van der Waals surface area contributed by atoms with Gasteiger partial charge in [0.15, 0.2) is 5.78 Å². The summed E-state index contributed by atoms with van der Waals surface area (Å²) in [7, 11) is 0. The normalized spacial score (nSPS) is 14.1. The molecule has 33 heavy (non-hydrogen) atoms. The van der Waals surface area contributed by atoms with Gasteiger partial charge in [-0.25, -0.2) is 0 Å². The van der Waals surface area contributed by atoms with E-state index in [0.29, 0.717) is 11.4 Å². The Morgan fingerprint density at radius 3 is 2.42 bits per heavy atom. The minimum Gasteiger partial charge on any atom is -0.461 e. The molecular weight excluding hydrogens is 434 g/mol. The third-order valence-corrected chi connectivity index (χ3v) is 7.29. The van der Waals surface area contributed by atoms with Gasteiger partial charge in [-0.05, 0) is 79.2 Å². The number of thiophene rings is 1. The third-order valence-electron chi connectivity index (χ3n) is 6.16. The lowest BCUT2D eigenvalue weighted by atomic mass is 10.0. The van der Waals surface area contributed by atoms with Gasteiger partial charge >= 0.3 is 5.97 Å². The maximum absolute atomic E-state index is 11.9. The van der Waals surface area contributed by atoms with Crippen LogP contribution >= 0.6 is 11.3 Å². The number of rotatable bonds is 11. The van der Waals surface area contributed by atoms with E-state index in [9.17, 15) is 9.59 Å². The number of nitrogens with one attached hydrogen (secondary N) is 1. The lowest BCUT2D eigenvalue weighted by Crippen LogP contribution is -2.27. The molecule has 1 aromatic heterocycles. The zero-order valence-corrected chi connectivity index (χ0v) is 19.7. The molecule has 0 atom stereocenters. The van der Waals surface area contributed by atoms with Crippen LogP contribution in [0.15, 0.2) is 48.5 Å². The molecule has 2 aromatic carbocycles. The number of benzene rings is 2. The van der Waals surface area contributed by atoms with Gasteiger partial charge in [-0.15, -0.1) is 11.3 Å². The predicted molar refractivity (Wildman–Crippen MR) is 132 cm³/mol. The highest BCUT2D eigenvalue weighted by Crippen LogP contribution is 2.27. The average molecular weight is 466 g/mol. The van der Waals surface area contributed by atoms with Crippen molar-refractivity contribution in [3.05, 3.63) is 70.1 Å². The largest absolute Gasteiger partial charge is 0.461 e. The van der Waals surface area contributed by atoms with Crippen molar-refractivity contribution in [3.8, 4) is 0 Å². The first-order valence-electron chi connectivity index (χ1n) is 11.8. The zero-order chi connectivity index (χ0) is 23.0. The van der Waals surface area contributed by atoms with E-state index in [2.05, 4.69) is 47.8 Å². The highest BCUT2D eigenvalue weighted by atomic mass is 32.1. The number of ketones is 1. The van der Waals surface area contributed by atoms with Crippen molar-refractivity contribution in [2.45, 2.75) is 57.6 Å². The van der Waals surface area contributed by atoms with Crippen LogP contribution in [-0.2, 0) is 28.9 Å². The molecule has 1 heterocycles. The lowest BCUT2D eigenvalue weighted by molar-refractivity contribution is -0.147. The maximum Gasteiger partial charge on any atom is 0.320 e. The number of hydrogen-bond donors (Lipinski definition) is 2. The molecule has 1 fully saturated rings. The van der Waals surface area contributed by atoms with Gasteiger partial charge in [0.05, 0.1) is 11.4 Å². The molecule has 6 heteroatoms. The molecule has 1 aliphatic carbocycles. The third kappa shape index (κ3) is 6.73. The fraction of sp³-hybridized carbons (Fsp3) is 0.407. The monoisotopic (exact) mass is 465 g/mol. The molecule has 0 bridgehead atoms. The van der Waals surface area contributed by atoms with Crippen molar-refractivity contribution in [1.29, 1.82) is 0 Å². The molecule has 0 saturated heterocycles. The van der Waals surface area contributed by atoms with E-state index >= 15 is 0 Å². The number of aryl methyl sites for hydroxylation is 2. The van der Waals surface area contributed by atoms with Gasteiger partial charge < -0.3 is 15.2 Å². The highest BCUT2D eigenvalue weighted by molar-refractivity contribution is 7.20. The summed E-state index contributed by atoms with van der Waals surface area (Å²) in [5.74, 6) is -0.379. The summed E-state index contributed by atoms with van der Waals surface area (Å²) < 4.78 is 6.55. The number of carbonyl (C=O) groups excluding carboxylic acids is 2. The van der Waals surface area contributed by atoms with Crippen molar-refractivity contribution in [1.82, 2.24) is 5.32 Å². The van der Waals surface area contributed by atoms with Crippen LogP contribution in [0, 0.1) is 0 Å². The zero-order valence-electron chi connectivity index (χ0n) is 18.8. The van der Waals surface area contributed by atoms with Gasteiger partial charge in [-0.3, -0.25) is 9.59 Å². The van der Waals surface area contributed by atoms with Crippen LogP contribution in [-0.4, -0.2) is 36.1 Å². The quantitative estimate of drug-likeness (QED) is 0.313. The molecule has 0 unspecified atom stereocenters. The maximum atomic E-state index is 11.9. The molecule has 1 aliphatic rings. The van der Waals surface area contributed by atoms with Gasteiger partial charge in [-0.2, -0.15) is 0 Å². The summed E-state index contributed by atoms with van der Waals surface area (Å²) >= 11 is 1.45. The first kappa shape index (κ1) is 23.6. The molecule has 0 radical (unpaired) electrons. The van der Waals surface area contributed by atoms with E-state index in [1.165, 1.54) is 22.5 Å². The molecule has 1 saturated carbocycles. The first-order valence-corrected chi connectivity index (χ1v) is 12.6. The number of carbonyl (C=O) groups is 2. The number of ether oxygens (including phenoxy) is 1. The van der Waals surface area contributed by atoms with E-state index < -0.39 is 6.61 Å². The van der Waals surface area contributed by atoms with E-state index in [-0.39, 0.29) is 24.4 Å². The van der Waals surface area contributed by atoms with Crippen molar-refractivity contribution in [3.63, 3.8) is 0 Å². The smallest absolute Gasteiger partial charge is 0.320 e. The van der Waals surface area contributed by atoms with Crippen LogP contribution in [0.3, 0.4) is 0 Å². The molecule has 174 valence electrons. The second-order valence-electron chi connectivity index (χ2n) is 8.73. The van der Waals surface area contributed by atoms with Crippen LogP contribution in [0.1, 0.15) is 58.5 Å². The number of fused-ring (bicyclic) bond motifs is 1. The predicted octanol–water partition coefficient (Wildman–Crippen LogP) is 4.83. The van der Waals surface area contributed by atoms with Crippen LogP contribution in [0.25, 0.3) is 10.1 Å². The summed E-state index contributed by atoms with van der Waals surface area (Å²) in [5.41, 5.74) is 3.72. The van der Waals surface area contributed by atoms with E-state index in [4.69, 9.17) is 9.84 Å². The van der Waals surface area contributed by atoms with Crippen LogP contribution in [0.4, 0.5) is 0 Å². The Balaban J connectivity index is 1.19. The fourth-order valence-corrected chi connectivity index (χ4v) is 5.37.